The molecular weight excluding hydrogens is 783 g/mol. The summed E-state index contributed by atoms with van der Waals surface area (Å²) in [5.41, 5.74) is 0. The first-order valence-corrected chi connectivity index (χ1v) is 28.9. The van der Waals surface area contributed by atoms with E-state index in [2.05, 4.69) is 55.6 Å². The molecule has 0 rings (SSSR count). The number of aliphatic hydroxyl groups excluding tert-OH is 2. The van der Waals surface area contributed by atoms with Crippen LogP contribution < -0.4 is 5.32 Å². The summed E-state index contributed by atoms with van der Waals surface area (Å²) in [4.78, 5) is 12.5. The molecule has 0 saturated heterocycles. The van der Waals surface area contributed by atoms with Gasteiger partial charge < -0.3 is 15.5 Å². The van der Waals surface area contributed by atoms with Crippen LogP contribution in [0, 0.1) is 0 Å². The van der Waals surface area contributed by atoms with Crippen molar-refractivity contribution in [1.82, 2.24) is 5.32 Å². The minimum Gasteiger partial charge on any atom is -0.394 e. The molecule has 0 aliphatic carbocycles. The molecule has 3 N–H and O–H groups in total. The van der Waals surface area contributed by atoms with E-state index in [1.807, 2.05) is 6.08 Å². The summed E-state index contributed by atoms with van der Waals surface area (Å²) >= 11 is 0. The van der Waals surface area contributed by atoms with Gasteiger partial charge in [-0.15, -0.1) is 0 Å². The molecule has 0 fully saturated rings. The highest BCUT2D eigenvalue weighted by molar-refractivity contribution is 5.76. The second kappa shape index (κ2) is 55.7. The molecule has 0 saturated carbocycles. The van der Waals surface area contributed by atoms with E-state index in [-0.39, 0.29) is 12.5 Å². The standard InChI is InChI=1S/C60H113NO3/c1-3-5-7-9-11-13-15-17-19-21-23-25-27-29-30-32-34-36-38-40-42-44-46-48-50-52-54-56-60(64)61-58(57-62)59(63)55-53-51-49-47-45-43-41-39-37-35-33-31-28-26-24-22-20-18-16-14-12-10-8-6-4-2/h21,23,37,39,45,47,53,55,58-59,62-63H,3-20,22,24-36,38,40-44,46,48-52,54,56-57H2,1-2H3,(H,61,64)/b23-21-,39-37+,47-45+,55-53+. The van der Waals surface area contributed by atoms with Crippen LogP contribution in [0.4, 0.5) is 0 Å². The molecule has 0 aliphatic rings. The van der Waals surface area contributed by atoms with Crippen molar-refractivity contribution < 1.29 is 15.0 Å². The molecule has 1 amide bonds. The molecule has 2 unspecified atom stereocenters. The first-order valence-electron chi connectivity index (χ1n) is 28.9. The number of allylic oxidation sites excluding steroid dienone is 7. The van der Waals surface area contributed by atoms with E-state index in [0.717, 1.165) is 38.5 Å². The van der Waals surface area contributed by atoms with Crippen molar-refractivity contribution in [3.8, 4) is 0 Å². The Kier molecular flexibility index (Phi) is 54.2. The Morgan fingerprint density at radius 2 is 0.609 bits per heavy atom. The van der Waals surface area contributed by atoms with Crippen LogP contribution in [-0.2, 0) is 4.79 Å². The van der Waals surface area contributed by atoms with Gasteiger partial charge >= 0.3 is 0 Å². The van der Waals surface area contributed by atoms with E-state index >= 15 is 0 Å². The monoisotopic (exact) mass is 896 g/mol. The summed E-state index contributed by atoms with van der Waals surface area (Å²) < 4.78 is 0. The lowest BCUT2D eigenvalue weighted by atomic mass is 10.0. The molecule has 64 heavy (non-hydrogen) atoms. The second-order valence-corrected chi connectivity index (χ2v) is 19.7. The third-order valence-electron chi connectivity index (χ3n) is 13.3. The Morgan fingerprint density at radius 3 is 0.906 bits per heavy atom. The normalized spacial score (nSPS) is 13.1. The molecule has 376 valence electrons. The fourth-order valence-corrected chi connectivity index (χ4v) is 8.86. The van der Waals surface area contributed by atoms with Crippen molar-refractivity contribution in [2.24, 2.45) is 0 Å². The smallest absolute Gasteiger partial charge is 0.220 e. The molecule has 0 radical (unpaired) electrons. The number of hydrogen-bond donors (Lipinski definition) is 3. The molecule has 2 atom stereocenters. The largest absolute Gasteiger partial charge is 0.394 e. The van der Waals surface area contributed by atoms with Gasteiger partial charge in [-0.05, 0) is 70.6 Å². The summed E-state index contributed by atoms with van der Waals surface area (Å²) in [6.07, 6.45) is 77.1. The van der Waals surface area contributed by atoms with Crippen LogP contribution in [0.15, 0.2) is 48.6 Å². The predicted molar refractivity (Wildman–Crippen MR) is 285 cm³/mol. The Hall–Kier alpha value is -1.65. The van der Waals surface area contributed by atoms with E-state index in [1.165, 1.54) is 250 Å². The molecule has 0 bridgehead atoms. The highest BCUT2D eigenvalue weighted by Crippen LogP contribution is 2.17. The summed E-state index contributed by atoms with van der Waals surface area (Å²) in [5, 5.41) is 23.2. The Labute approximate surface area is 401 Å². The van der Waals surface area contributed by atoms with E-state index in [4.69, 9.17) is 0 Å². The van der Waals surface area contributed by atoms with Crippen LogP contribution in [-0.4, -0.2) is 34.9 Å². The van der Waals surface area contributed by atoms with Gasteiger partial charge in [0.25, 0.3) is 0 Å². The first-order chi connectivity index (χ1) is 31.7. The van der Waals surface area contributed by atoms with Crippen LogP contribution in [0.25, 0.3) is 0 Å². The van der Waals surface area contributed by atoms with Crippen molar-refractivity contribution in [3.05, 3.63) is 48.6 Å². The Bertz CT molecular complexity index is 1020. The number of hydrogen-bond acceptors (Lipinski definition) is 3. The van der Waals surface area contributed by atoms with E-state index < -0.39 is 12.1 Å². The summed E-state index contributed by atoms with van der Waals surface area (Å²) in [6, 6.07) is -0.646. The third-order valence-corrected chi connectivity index (χ3v) is 13.3. The zero-order valence-electron chi connectivity index (χ0n) is 43.3. The fraction of sp³-hybridized carbons (Fsp3) is 0.850. The van der Waals surface area contributed by atoms with Crippen LogP contribution >= 0.6 is 0 Å². The SMILES string of the molecule is CCCCCCCCCC/C=C\CCCCCCCCCCCCCCCCCC(=O)NC(CO)C(O)/C=C/CC/C=C/CC/C=C/CCCCCCCCCCCCCCCCC. The molecule has 4 nitrogen and oxygen atoms in total. The average molecular weight is 897 g/mol. The van der Waals surface area contributed by atoms with Gasteiger partial charge in [0, 0.05) is 6.42 Å². The van der Waals surface area contributed by atoms with Gasteiger partial charge in [0.1, 0.15) is 0 Å². The van der Waals surface area contributed by atoms with Gasteiger partial charge in [-0.1, -0.05) is 281 Å². The molecule has 0 spiro atoms. The number of nitrogens with one attached hydrogen (secondary N) is 1. The second-order valence-electron chi connectivity index (χ2n) is 19.7. The van der Waals surface area contributed by atoms with E-state index in [1.54, 1.807) is 6.08 Å². The maximum absolute atomic E-state index is 12.5. The molecule has 0 aromatic carbocycles. The molecular formula is C60H113NO3. The lowest BCUT2D eigenvalue weighted by Gasteiger charge is -2.19. The summed E-state index contributed by atoms with van der Waals surface area (Å²) in [5.74, 6) is -0.0740. The zero-order valence-corrected chi connectivity index (χ0v) is 43.3. The van der Waals surface area contributed by atoms with Crippen molar-refractivity contribution in [2.75, 3.05) is 6.61 Å². The Balaban J connectivity index is 3.54. The fourth-order valence-electron chi connectivity index (χ4n) is 8.86. The minimum absolute atomic E-state index is 0.0740. The third kappa shape index (κ3) is 51.3. The lowest BCUT2D eigenvalue weighted by molar-refractivity contribution is -0.123. The number of aliphatic hydroxyl groups is 2. The predicted octanol–water partition coefficient (Wildman–Crippen LogP) is 19.0. The number of carbonyl (C=O) groups is 1. The quantitative estimate of drug-likeness (QED) is 0.0421. The van der Waals surface area contributed by atoms with Crippen LogP contribution in [0.2, 0.25) is 0 Å². The van der Waals surface area contributed by atoms with Gasteiger partial charge in [-0.2, -0.15) is 0 Å². The van der Waals surface area contributed by atoms with Gasteiger partial charge in [-0.25, -0.2) is 0 Å². The van der Waals surface area contributed by atoms with E-state index in [9.17, 15) is 15.0 Å². The van der Waals surface area contributed by atoms with Gasteiger partial charge in [0.2, 0.25) is 5.91 Å². The van der Waals surface area contributed by atoms with Crippen molar-refractivity contribution in [3.63, 3.8) is 0 Å². The molecule has 0 aliphatic heterocycles. The maximum atomic E-state index is 12.5. The van der Waals surface area contributed by atoms with Crippen molar-refractivity contribution in [1.29, 1.82) is 0 Å². The van der Waals surface area contributed by atoms with Gasteiger partial charge in [-0.3, -0.25) is 4.79 Å². The topological polar surface area (TPSA) is 69.6 Å². The lowest BCUT2D eigenvalue weighted by Crippen LogP contribution is -2.45. The number of unbranched alkanes of at least 4 members (excludes halogenated alkanes) is 40. The van der Waals surface area contributed by atoms with Crippen LogP contribution in [0.1, 0.15) is 309 Å². The maximum Gasteiger partial charge on any atom is 0.220 e. The average Bonchev–Trinajstić information content (AvgIpc) is 3.30. The first kappa shape index (κ1) is 62.4. The number of carbonyl (C=O) groups excluding carboxylic acids is 1. The molecule has 0 aromatic heterocycles. The van der Waals surface area contributed by atoms with Gasteiger partial charge in [0.05, 0.1) is 18.8 Å². The Morgan fingerprint density at radius 1 is 0.359 bits per heavy atom. The summed E-state index contributed by atoms with van der Waals surface area (Å²) in [7, 11) is 0. The van der Waals surface area contributed by atoms with Crippen molar-refractivity contribution >= 4 is 5.91 Å². The summed E-state index contributed by atoms with van der Waals surface area (Å²) in [6.45, 7) is 4.32. The van der Waals surface area contributed by atoms with Gasteiger partial charge in [0.15, 0.2) is 0 Å². The number of amides is 1. The highest BCUT2D eigenvalue weighted by atomic mass is 16.3. The minimum atomic E-state index is -0.871. The number of rotatable bonds is 53. The van der Waals surface area contributed by atoms with Crippen LogP contribution in [0.3, 0.4) is 0 Å². The molecule has 0 heterocycles. The highest BCUT2D eigenvalue weighted by Gasteiger charge is 2.18. The molecule has 0 aromatic rings. The zero-order chi connectivity index (χ0) is 46.3. The van der Waals surface area contributed by atoms with Crippen LogP contribution in [0.5, 0.6) is 0 Å². The van der Waals surface area contributed by atoms with E-state index in [0.29, 0.717) is 6.42 Å². The van der Waals surface area contributed by atoms with Crippen molar-refractivity contribution in [2.45, 2.75) is 321 Å². The molecule has 4 heteroatoms.